The maximum absolute atomic E-state index is 11.6. The number of carbonyl (C=O) groups excluding carboxylic acids is 1. The lowest BCUT2D eigenvalue weighted by molar-refractivity contribution is -0.327. The highest BCUT2D eigenvalue weighted by Crippen LogP contribution is 2.49. The van der Waals surface area contributed by atoms with Gasteiger partial charge in [-0.25, -0.2) is 8.42 Å². The van der Waals surface area contributed by atoms with Gasteiger partial charge >= 0.3 is 12.4 Å². The summed E-state index contributed by atoms with van der Waals surface area (Å²) < 4.78 is 93.2. The number of ether oxygens (including phenoxy) is 1. The average molecular weight is 394 g/mol. The Bertz CT molecular complexity index is 383. The summed E-state index contributed by atoms with van der Waals surface area (Å²) in [5, 5.41) is 0. The lowest BCUT2D eigenvalue weighted by Crippen LogP contribution is -2.44. The van der Waals surface area contributed by atoms with Crippen LogP contribution in [0.25, 0.3) is 0 Å². The molecule has 0 atom stereocenters. The summed E-state index contributed by atoms with van der Waals surface area (Å²) in [6.45, 7) is 3.26. The third-order valence-corrected chi connectivity index (χ3v) is 1.42. The lowest BCUT2D eigenvalue weighted by atomic mass is 9.92. The second kappa shape index (κ2) is 13.5. The van der Waals surface area contributed by atoms with Gasteiger partial charge in [-0.05, 0) is 27.7 Å². The molecule has 0 aromatic heterocycles. The number of carbonyl (C=O) groups is 1. The smallest absolute Gasteiger partial charge is 0.388 e. The first-order valence-electron chi connectivity index (χ1n) is 5.80. The molecule has 0 aliphatic rings. The fourth-order valence-corrected chi connectivity index (χ4v) is 0.161. The zero-order valence-corrected chi connectivity index (χ0v) is 15.1. The zero-order valence-electron chi connectivity index (χ0n) is 14.3. The van der Waals surface area contributed by atoms with Gasteiger partial charge in [-0.3, -0.25) is 0 Å². The van der Waals surface area contributed by atoms with Gasteiger partial charge in [0, 0.05) is 26.7 Å². The third kappa shape index (κ3) is 29.2. The van der Waals surface area contributed by atoms with Gasteiger partial charge in [0.05, 0.1) is 0 Å². The number of rotatable bonds is 0. The summed E-state index contributed by atoms with van der Waals surface area (Å²) in [5.74, 6) is 0.167. The Morgan fingerprint density at radius 2 is 0.917 bits per heavy atom. The van der Waals surface area contributed by atoms with Gasteiger partial charge in [0.1, 0.15) is 15.6 Å². The van der Waals surface area contributed by atoms with E-state index in [-0.39, 0.29) is 27.1 Å². The van der Waals surface area contributed by atoms with Gasteiger partial charge in [-0.1, -0.05) is 7.43 Å². The predicted octanol–water partition coefficient (Wildman–Crippen LogP) is 4.29. The topological polar surface area (TPSA) is 60.4 Å². The van der Waals surface area contributed by atoms with Crippen molar-refractivity contribution in [1.29, 1.82) is 0 Å². The van der Waals surface area contributed by atoms with Crippen LogP contribution in [0.1, 0.15) is 35.1 Å². The third-order valence-electron chi connectivity index (χ3n) is 1.42. The first kappa shape index (κ1) is 34.5. The van der Waals surface area contributed by atoms with Gasteiger partial charge in [0.25, 0.3) is 0 Å². The Kier molecular flexibility index (Phi) is 19.3. The Balaban J connectivity index is -0.0000000776. The molecule has 0 unspecified atom stereocenters. The van der Waals surface area contributed by atoms with E-state index in [0.717, 1.165) is 12.5 Å². The molecule has 0 fully saturated rings. The van der Waals surface area contributed by atoms with E-state index in [0.29, 0.717) is 0 Å². The van der Waals surface area contributed by atoms with E-state index < -0.39 is 27.6 Å². The molecule has 0 aliphatic carbocycles. The molecule has 0 aromatic carbocycles. The SMILES string of the molecule is C.CC(C)(C(F)(F)F)C(F)(F)F.CC(C)=O.COC.CS(C)(=O)=O. The van der Waals surface area contributed by atoms with E-state index in [4.69, 9.17) is 0 Å². The minimum Gasteiger partial charge on any atom is -0.388 e. The fraction of sp³-hybridized carbons (Fsp3) is 0.923. The number of sulfone groups is 1. The van der Waals surface area contributed by atoms with Crippen molar-refractivity contribution in [2.24, 2.45) is 5.41 Å². The van der Waals surface area contributed by atoms with E-state index in [9.17, 15) is 39.6 Å². The number of ketones is 1. The molecular weight excluding hydrogens is 366 g/mol. The van der Waals surface area contributed by atoms with E-state index >= 15 is 0 Å². The monoisotopic (exact) mass is 394 g/mol. The summed E-state index contributed by atoms with van der Waals surface area (Å²) in [6, 6.07) is 0. The molecular formula is C13H28F6O4S. The maximum Gasteiger partial charge on any atom is 0.402 e. The largest absolute Gasteiger partial charge is 0.402 e. The Hall–Kier alpha value is -0.840. The van der Waals surface area contributed by atoms with Crippen LogP contribution in [0.15, 0.2) is 0 Å². The highest BCUT2D eigenvalue weighted by Gasteiger charge is 2.64. The van der Waals surface area contributed by atoms with Gasteiger partial charge < -0.3 is 9.53 Å². The van der Waals surface area contributed by atoms with Gasteiger partial charge in [-0.15, -0.1) is 0 Å². The van der Waals surface area contributed by atoms with Crippen LogP contribution in [-0.2, 0) is 19.4 Å². The summed E-state index contributed by atoms with van der Waals surface area (Å²) in [5.41, 5.74) is -3.62. The zero-order chi connectivity index (χ0) is 20.3. The summed E-state index contributed by atoms with van der Waals surface area (Å²) >= 11 is 0. The van der Waals surface area contributed by atoms with Crippen molar-refractivity contribution in [1.82, 2.24) is 0 Å². The lowest BCUT2D eigenvalue weighted by Gasteiger charge is -2.29. The molecule has 11 heteroatoms. The van der Waals surface area contributed by atoms with E-state index in [2.05, 4.69) is 4.74 Å². The summed E-state index contributed by atoms with van der Waals surface area (Å²) in [7, 11) is 0.583. The van der Waals surface area contributed by atoms with E-state index in [1.165, 1.54) is 13.8 Å². The molecule has 0 aromatic rings. The molecule has 24 heavy (non-hydrogen) atoms. The normalized spacial score (nSPS) is 11.2. The first-order chi connectivity index (χ1) is 9.65. The minimum absolute atomic E-state index is 0. The van der Waals surface area contributed by atoms with Crippen LogP contribution in [-0.4, -0.2) is 53.3 Å². The van der Waals surface area contributed by atoms with E-state index in [1.54, 1.807) is 14.2 Å². The Morgan fingerprint density at radius 3 is 0.917 bits per heavy atom. The highest BCUT2D eigenvalue weighted by molar-refractivity contribution is 7.89. The molecule has 4 nitrogen and oxygen atoms in total. The summed E-state index contributed by atoms with van der Waals surface area (Å²) in [4.78, 5) is 9.44. The predicted molar refractivity (Wildman–Crippen MR) is 82.7 cm³/mol. The maximum atomic E-state index is 11.6. The van der Waals surface area contributed by atoms with Crippen molar-refractivity contribution in [3.63, 3.8) is 0 Å². The number of hydrogen-bond donors (Lipinski definition) is 0. The molecule has 152 valence electrons. The number of halogens is 6. The second-order valence-electron chi connectivity index (χ2n) is 5.08. The molecule has 0 radical (unpaired) electrons. The van der Waals surface area contributed by atoms with Crippen molar-refractivity contribution < 1.29 is 44.3 Å². The standard InChI is InChI=1S/C5H6F6.C3H6O.C2H6O2S.C2H6O.CH4/c1-3(2,4(6,7)8)5(9,10)11;1-3(2)4;1-5(2,3)4;1-3-2;/h1-2H3;1-2H3;1-2H3;1-2H3;1H4. The molecule has 0 bridgehead atoms. The van der Waals surface area contributed by atoms with Crippen molar-refractivity contribution in [2.75, 3.05) is 26.7 Å². The molecule has 0 saturated carbocycles. The van der Waals surface area contributed by atoms with Crippen molar-refractivity contribution >= 4 is 15.6 Å². The number of hydrogen-bond acceptors (Lipinski definition) is 4. The van der Waals surface area contributed by atoms with Gasteiger partial charge in [0.15, 0.2) is 5.41 Å². The Labute approximate surface area is 140 Å². The molecule has 0 heterocycles. The number of methoxy groups -OCH3 is 1. The molecule has 0 spiro atoms. The van der Waals surface area contributed by atoms with Crippen molar-refractivity contribution in [3.8, 4) is 0 Å². The minimum atomic E-state index is -5.24. The number of Topliss-reactive ketones (excluding diaryl/α,β-unsaturated/α-hetero) is 1. The van der Waals surface area contributed by atoms with Crippen LogP contribution < -0.4 is 0 Å². The number of alkyl halides is 6. The van der Waals surface area contributed by atoms with Crippen LogP contribution in [0, 0.1) is 5.41 Å². The van der Waals surface area contributed by atoms with Crippen LogP contribution in [0.5, 0.6) is 0 Å². The van der Waals surface area contributed by atoms with Gasteiger partial charge in [0.2, 0.25) is 0 Å². The molecule has 0 N–H and O–H groups in total. The Morgan fingerprint density at radius 1 is 0.833 bits per heavy atom. The second-order valence-corrected chi connectivity index (χ2v) is 7.37. The highest BCUT2D eigenvalue weighted by atomic mass is 32.2. The fourth-order valence-electron chi connectivity index (χ4n) is 0.161. The average Bonchev–Trinajstić information content (AvgIpc) is 2.10. The molecule has 0 amide bonds. The van der Waals surface area contributed by atoms with Crippen LogP contribution in [0.3, 0.4) is 0 Å². The van der Waals surface area contributed by atoms with Crippen molar-refractivity contribution in [2.45, 2.75) is 47.5 Å². The first-order valence-corrected chi connectivity index (χ1v) is 8.10. The van der Waals surface area contributed by atoms with Crippen LogP contribution in [0.4, 0.5) is 26.3 Å². The van der Waals surface area contributed by atoms with Crippen LogP contribution >= 0.6 is 0 Å². The molecule has 0 saturated heterocycles. The molecule has 0 aliphatic heterocycles. The van der Waals surface area contributed by atoms with Crippen LogP contribution in [0.2, 0.25) is 0 Å². The summed E-state index contributed by atoms with van der Waals surface area (Å²) in [6.07, 6.45) is -8.17. The van der Waals surface area contributed by atoms with Gasteiger partial charge in [-0.2, -0.15) is 26.3 Å². The van der Waals surface area contributed by atoms with E-state index in [1.807, 2.05) is 0 Å². The molecule has 0 rings (SSSR count). The quantitative estimate of drug-likeness (QED) is 0.575. The van der Waals surface area contributed by atoms with Crippen molar-refractivity contribution in [3.05, 3.63) is 0 Å².